The lowest BCUT2D eigenvalue weighted by atomic mass is 10.1. The first-order valence-corrected chi connectivity index (χ1v) is 6.46. The summed E-state index contributed by atoms with van der Waals surface area (Å²) >= 11 is 0. The molecule has 3 rings (SSSR count). The molecule has 2 heterocycles. The van der Waals surface area contributed by atoms with Crippen LogP contribution >= 0.6 is 0 Å². The topological polar surface area (TPSA) is 47.1 Å². The monoisotopic (exact) mass is 260 g/mol. The minimum atomic E-state index is -0.222. The van der Waals surface area contributed by atoms with Crippen LogP contribution in [0.5, 0.6) is 0 Å². The molecule has 0 atom stereocenters. The first kappa shape index (κ1) is 12.3. The van der Waals surface area contributed by atoms with Gasteiger partial charge in [-0.2, -0.15) is 0 Å². The molecule has 1 aromatic heterocycles. The highest BCUT2D eigenvalue weighted by Gasteiger charge is 2.16. The number of aromatic nitrogens is 2. The van der Waals surface area contributed by atoms with E-state index in [9.17, 15) is 4.39 Å². The Morgan fingerprint density at radius 1 is 1.32 bits per heavy atom. The highest BCUT2D eigenvalue weighted by atomic mass is 19.1. The average Bonchev–Trinajstić information content (AvgIpc) is 2.88. The number of hydrogen-bond acceptors (Lipinski definition) is 3. The van der Waals surface area contributed by atoms with E-state index in [0.717, 1.165) is 37.6 Å². The van der Waals surface area contributed by atoms with Crippen molar-refractivity contribution in [3.8, 4) is 0 Å². The maximum absolute atomic E-state index is 13.4. The molecule has 5 heteroatoms. The number of nitrogens with two attached hydrogens (primary N) is 1. The van der Waals surface area contributed by atoms with Gasteiger partial charge < -0.3 is 10.3 Å². The van der Waals surface area contributed by atoms with Gasteiger partial charge in [0.1, 0.15) is 11.6 Å². The van der Waals surface area contributed by atoms with Crippen molar-refractivity contribution in [2.75, 3.05) is 6.54 Å². The van der Waals surface area contributed by atoms with E-state index in [1.54, 1.807) is 0 Å². The van der Waals surface area contributed by atoms with Crippen LogP contribution in [0.1, 0.15) is 17.0 Å². The molecule has 2 aromatic rings. The third-order valence-corrected chi connectivity index (χ3v) is 3.56. The van der Waals surface area contributed by atoms with Crippen molar-refractivity contribution in [1.82, 2.24) is 14.5 Å². The van der Waals surface area contributed by atoms with Crippen LogP contribution in [0.15, 0.2) is 30.6 Å². The lowest BCUT2D eigenvalue weighted by Crippen LogP contribution is -2.33. The van der Waals surface area contributed by atoms with E-state index in [1.807, 2.05) is 24.5 Å². The van der Waals surface area contributed by atoms with Crippen molar-refractivity contribution in [1.29, 1.82) is 0 Å². The molecule has 0 aliphatic carbocycles. The van der Waals surface area contributed by atoms with Gasteiger partial charge in [-0.3, -0.25) is 4.90 Å². The normalized spacial score (nSPS) is 15.5. The molecular weight excluding hydrogens is 243 g/mol. The lowest BCUT2D eigenvalue weighted by Gasteiger charge is -2.27. The molecule has 2 N–H and O–H groups in total. The molecule has 0 saturated heterocycles. The summed E-state index contributed by atoms with van der Waals surface area (Å²) in [5.74, 6) is 0.868. The fourth-order valence-corrected chi connectivity index (χ4v) is 2.50. The van der Waals surface area contributed by atoms with Crippen LogP contribution in [0.3, 0.4) is 0 Å². The van der Waals surface area contributed by atoms with Crippen molar-refractivity contribution >= 4 is 0 Å². The minimum absolute atomic E-state index is 0.222. The second-order valence-electron chi connectivity index (χ2n) is 4.88. The summed E-state index contributed by atoms with van der Waals surface area (Å²) in [6.07, 6.45) is 3.85. The van der Waals surface area contributed by atoms with Gasteiger partial charge in [-0.1, -0.05) is 12.1 Å². The fraction of sp³-hybridized carbons (Fsp3) is 0.357. The summed E-state index contributed by atoms with van der Waals surface area (Å²) in [6.45, 7) is 3.82. The first-order chi connectivity index (χ1) is 9.26. The number of halogens is 1. The lowest BCUT2D eigenvalue weighted by molar-refractivity contribution is 0.208. The Labute approximate surface area is 111 Å². The Bertz CT molecular complexity index is 579. The van der Waals surface area contributed by atoms with Crippen LogP contribution in [0.25, 0.3) is 0 Å². The number of imidazole rings is 1. The average molecular weight is 260 g/mol. The molecule has 1 aliphatic heterocycles. The Balaban J connectivity index is 1.72. The van der Waals surface area contributed by atoms with Gasteiger partial charge in [0.25, 0.3) is 0 Å². The highest BCUT2D eigenvalue weighted by Crippen LogP contribution is 2.16. The van der Waals surface area contributed by atoms with E-state index in [4.69, 9.17) is 5.73 Å². The maximum Gasteiger partial charge on any atom is 0.127 e. The summed E-state index contributed by atoms with van der Waals surface area (Å²) in [5, 5.41) is 0. The van der Waals surface area contributed by atoms with Gasteiger partial charge in [-0.05, 0) is 11.6 Å². The van der Waals surface area contributed by atoms with Gasteiger partial charge in [0.2, 0.25) is 0 Å². The van der Waals surface area contributed by atoms with Crippen molar-refractivity contribution in [2.45, 2.75) is 26.2 Å². The zero-order valence-electron chi connectivity index (χ0n) is 10.7. The SMILES string of the molecule is NCc1cc(CN2CCn3ccnc3C2)ccc1F. The summed E-state index contributed by atoms with van der Waals surface area (Å²) < 4.78 is 15.6. The molecule has 0 spiro atoms. The predicted molar refractivity (Wildman–Crippen MR) is 70.6 cm³/mol. The molecular formula is C14H17FN4. The van der Waals surface area contributed by atoms with Gasteiger partial charge >= 0.3 is 0 Å². The van der Waals surface area contributed by atoms with E-state index in [1.165, 1.54) is 6.07 Å². The van der Waals surface area contributed by atoms with Crippen molar-refractivity contribution in [3.05, 3.63) is 53.4 Å². The van der Waals surface area contributed by atoms with E-state index in [0.29, 0.717) is 5.56 Å². The Hall–Kier alpha value is -1.72. The molecule has 4 nitrogen and oxygen atoms in total. The molecule has 0 saturated carbocycles. The van der Waals surface area contributed by atoms with Crippen LogP contribution in [-0.4, -0.2) is 21.0 Å². The zero-order chi connectivity index (χ0) is 13.2. The first-order valence-electron chi connectivity index (χ1n) is 6.46. The number of rotatable bonds is 3. The van der Waals surface area contributed by atoms with Crippen LogP contribution in [0.4, 0.5) is 4.39 Å². The molecule has 0 fully saturated rings. The molecule has 0 radical (unpaired) electrons. The van der Waals surface area contributed by atoms with E-state index in [2.05, 4.69) is 14.5 Å². The second-order valence-corrected chi connectivity index (χ2v) is 4.88. The van der Waals surface area contributed by atoms with Crippen LogP contribution in [-0.2, 0) is 26.2 Å². The number of benzene rings is 1. The highest BCUT2D eigenvalue weighted by molar-refractivity contribution is 5.25. The van der Waals surface area contributed by atoms with Gasteiger partial charge in [0, 0.05) is 44.1 Å². The summed E-state index contributed by atoms with van der Waals surface area (Å²) in [7, 11) is 0. The third kappa shape index (κ3) is 2.52. The number of fused-ring (bicyclic) bond motifs is 1. The van der Waals surface area contributed by atoms with E-state index in [-0.39, 0.29) is 12.4 Å². The molecule has 0 bridgehead atoms. The molecule has 1 aliphatic rings. The van der Waals surface area contributed by atoms with Crippen molar-refractivity contribution in [3.63, 3.8) is 0 Å². The van der Waals surface area contributed by atoms with E-state index >= 15 is 0 Å². The van der Waals surface area contributed by atoms with Crippen LogP contribution in [0, 0.1) is 5.82 Å². The van der Waals surface area contributed by atoms with Gasteiger partial charge in [-0.15, -0.1) is 0 Å². The maximum atomic E-state index is 13.4. The fourth-order valence-electron chi connectivity index (χ4n) is 2.50. The second kappa shape index (κ2) is 5.11. The molecule has 100 valence electrons. The van der Waals surface area contributed by atoms with Crippen molar-refractivity contribution < 1.29 is 4.39 Å². The predicted octanol–water partition coefficient (Wildman–Crippen LogP) is 1.50. The molecule has 1 aromatic carbocycles. The van der Waals surface area contributed by atoms with Crippen LogP contribution in [0.2, 0.25) is 0 Å². The zero-order valence-corrected chi connectivity index (χ0v) is 10.7. The van der Waals surface area contributed by atoms with E-state index < -0.39 is 0 Å². The Morgan fingerprint density at radius 3 is 3.05 bits per heavy atom. The summed E-state index contributed by atoms with van der Waals surface area (Å²) in [5.41, 5.74) is 7.21. The van der Waals surface area contributed by atoms with Gasteiger partial charge in [0.05, 0.1) is 6.54 Å². The van der Waals surface area contributed by atoms with Crippen LogP contribution < -0.4 is 5.73 Å². The summed E-state index contributed by atoms with van der Waals surface area (Å²) in [4.78, 5) is 6.65. The Morgan fingerprint density at radius 2 is 2.21 bits per heavy atom. The van der Waals surface area contributed by atoms with Gasteiger partial charge in [-0.25, -0.2) is 9.37 Å². The summed E-state index contributed by atoms with van der Waals surface area (Å²) in [6, 6.07) is 5.19. The molecule has 19 heavy (non-hydrogen) atoms. The number of hydrogen-bond donors (Lipinski definition) is 1. The standard InChI is InChI=1S/C14H17FN4/c15-13-2-1-11(7-12(13)8-16)9-18-5-6-19-4-3-17-14(19)10-18/h1-4,7H,5-6,8-10,16H2. The molecule has 0 amide bonds. The Kier molecular flexibility index (Phi) is 3.31. The van der Waals surface area contributed by atoms with Gasteiger partial charge in [0.15, 0.2) is 0 Å². The molecule has 0 unspecified atom stereocenters. The smallest absolute Gasteiger partial charge is 0.127 e. The largest absolute Gasteiger partial charge is 0.333 e. The number of nitrogens with zero attached hydrogens (tertiary/aromatic N) is 3. The quantitative estimate of drug-likeness (QED) is 0.909. The third-order valence-electron chi connectivity index (χ3n) is 3.56. The van der Waals surface area contributed by atoms with Crippen molar-refractivity contribution in [2.24, 2.45) is 5.73 Å². The minimum Gasteiger partial charge on any atom is -0.333 e.